The quantitative estimate of drug-likeness (QED) is 0.258. The molecule has 0 aliphatic carbocycles. The molecule has 10 heteroatoms. The highest BCUT2D eigenvalue weighted by Crippen LogP contribution is 2.32. The maximum atomic E-state index is 12.3. The Morgan fingerprint density at radius 2 is 2.10 bits per heavy atom. The molecule has 2 heterocycles. The molecule has 4 aromatic rings. The minimum Gasteiger partial charge on any atom is -0.383 e. The zero-order valence-electron chi connectivity index (χ0n) is 16.7. The molecular formula is C20H20N6O2S2. The summed E-state index contributed by atoms with van der Waals surface area (Å²) < 4.78 is 3.78. The van der Waals surface area contributed by atoms with Gasteiger partial charge in [-0.15, -0.1) is 16.4 Å². The van der Waals surface area contributed by atoms with Gasteiger partial charge >= 0.3 is 0 Å². The van der Waals surface area contributed by atoms with Gasteiger partial charge in [-0.3, -0.25) is 4.79 Å². The zero-order valence-corrected chi connectivity index (χ0v) is 18.3. The first-order valence-corrected chi connectivity index (χ1v) is 11.1. The van der Waals surface area contributed by atoms with Crippen molar-refractivity contribution in [3.05, 3.63) is 42.5 Å². The number of fused-ring (bicyclic) bond motifs is 2. The maximum absolute atomic E-state index is 12.3. The van der Waals surface area contributed by atoms with Gasteiger partial charge in [-0.25, -0.2) is 9.67 Å². The lowest BCUT2D eigenvalue weighted by molar-refractivity contribution is -0.126. The lowest BCUT2D eigenvalue weighted by Gasteiger charge is -2.10. The fourth-order valence-electron chi connectivity index (χ4n) is 2.65. The average Bonchev–Trinajstić information content (AvgIpc) is 3.33. The molecule has 0 aliphatic rings. The van der Waals surface area contributed by atoms with E-state index < -0.39 is 6.10 Å². The van der Waals surface area contributed by atoms with Crippen molar-refractivity contribution in [3.8, 4) is 0 Å². The summed E-state index contributed by atoms with van der Waals surface area (Å²) in [5.74, 6) is 0.368. The summed E-state index contributed by atoms with van der Waals surface area (Å²) in [5.41, 5.74) is 4.21. The summed E-state index contributed by atoms with van der Waals surface area (Å²) in [5, 5.41) is 15.1. The van der Waals surface area contributed by atoms with Crippen LogP contribution >= 0.6 is 23.1 Å². The SMILES string of the molecule is CC(C)=NOC(C)C(=O)Nc1ccc2nc(SCn3nnc4ccccc43)sc2c1. The normalized spacial score (nSPS) is 12.1. The first-order valence-electron chi connectivity index (χ1n) is 9.29. The van der Waals surface area contributed by atoms with Crippen LogP contribution in [0.2, 0.25) is 0 Å². The van der Waals surface area contributed by atoms with Crippen LogP contribution in [-0.2, 0) is 15.5 Å². The molecule has 1 atom stereocenters. The van der Waals surface area contributed by atoms with E-state index in [0.29, 0.717) is 11.6 Å². The van der Waals surface area contributed by atoms with Crippen LogP contribution in [0, 0.1) is 0 Å². The van der Waals surface area contributed by atoms with E-state index in [9.17, 15) is 4.79 Å². The van der Waals surface area contributed by atoms with Gasteiger partial charge in [0.15, 0.2) is 4.34 Å². The van der Waals surface area contributed by atoms with Crippen LogP contribution in [0.15, 0.2) is 52.0 Å². The van der Waals surface area contributed by atoms with Crippen LogP contribution in [0.4, 0.5) is 5.69 Å². The number of anilines is 1. The molecule has 0 radical (unpaired) electrons. The summed E-state index contributed by atoms with van der Waals surface area (Å²) in [6.45, 7) is 5.28. The highest BCUT2D eigenvalue weighted by Gasteiger charge is 2.15. The number of para-hydroxylation sites is 1. The molecule has 1 amide bonds. The number of rotatable bonds is 7. The summed E-state index contributed by atoms with van der Waals surface area (Å²) in [6, 6.07) is 13.5. The number of nitrogens with one attached hydrogen (secondary N) is 1. The van der Waals surface area contributed by atoms with Gasteiger partial charge in [0.2, 0.25) is 6.10 Å². The number of hydrogen-bond donors (Lipinski definition) is 1. The van der Waals surface area contributed by atoms with Crippen LogP contribution < -0.4 is 5.32 Å². The fourth-order valence-corrected chi connectivity index (χ4v) is 4.63. The molecule has 1 N–H and O–H groups in total. The van der Waals surface area contributed by atoms with Crippen LogP contribution in [0.1, 0.15) is 20.8 Å². The predicted octanol–water partition coefficient (Wildman–Crippen LogP) is 4.53. The second-order valence-corrected chi connectivity index (χ2v) is 9.01. The smallest absolute Gasteiger partial charge is 0.267 e. The zero-order chi connectivity index (χ0) is 21.1. The van der Waals surface area contributed by atoms with Crippen LogP contribution in [0.25, 0.3) is 21.3 Å². The molecule has 0 bridgehead atoms. The van der Waals surface area contributed by atoms with E-state index in [1.165, 1.54) is 0 Å². The van der Waals surface area contributed by atoms with Gasteiger partial charge in [0.25, 0.3) is 5.91 Å². The van der Waals surface area contributed by atoms with Crippen molar-refractivity contribution in [1.29, 1.82) is 0 Å². The lowest BCUT2D eigenvalue weighted by atomic mass is 10.3. The van der Waals surface area contributed by atoms with Crippen LogP contribution in [0.5, 0.6) is 0 Å². The first-order chi connectivity index (χ1) is 14.5. The third-order valence-corrected chi connectivity index (χ3v) is 6.26. The minimum absolute atomic E-state index is 0.253. The van der Waals surface area contributed by atoms with Crippen molar-refractivity contribution in [2.24, 2.45) is 5.16 Å². The molecule has 1 unspecified atom stereocenters. The third-order valence-electron chi connectivity index (χ3n) is 4.13. The number of amides is 1. The number of benzene rings is 2. The molecule has 8 nitrogen and oxygen atoms in total. The van der Waals surface area contributed by atoms with E-state index in [1.54, 1.807) is 30.0 Å². The Morgan fingerprint density at radius 3 is 2.93 bits per heavy atom. The number of thioether (sulfide) groups is 1. The van der Waals surface area contributed by atoms with Crippen molar-refractivity contribution < 1.29 is 9.63 Å². The van der Waals surface area contributed by atoms with Gasteiger partial charge in [0.1, 0.15) is 5.52 Å². The Kier molecular flexibility index (Phi) is 5.96. The Hall–Kier alpha value is -2.98. The number of aromatic nitrogens is 4. The molecule has 2 aromatic heterocycles. The second kappa shape index (κ2) is 8.80. The number of carbonyl (C=O) groups excluding carboxylic acids is 1. The molecule has 4 rings (SSSR count). The molecular weight excluding hydrogens is 420 g/mol. The van der Waals surface area contributed by atoms with E-state index in [-0.39, 0.29) is 5.91 Å². The Morgan fingerprint density at radius 1 is 1.27 bits per heavy atom. The van der Waals surface area contributed by atoms with E-state index in [1.807, 2.05) is 61.0 Å². The predicted molar refractivity (Wildman–Crippen MR) is 121 cm³/mol. The number of nitrogens with zero attached hydrogens (tertiary/aromatic N) is 5. The van der Waals surface area contributed by atoms with Crippen LogP contribution in [0.3, 0.4) is 0 Å². The Balaban J connectivity index is 1.43. The van der Waals surface area contributed by atoms with Crippen molar-refractivity contribution in [2.45, 2.75) is 37.1 Å². The van der Waals surface area contributed by atoms with Gasteiger partial charge in [-0.05, 0) is 51.1 Å². The fraction of sp³-hybridized carbons (Fsp3) is 0.250. The number of hydrogen-bond acceptors (Lipinski definition) is 8. The van der Waals surface area contributed by atoms with Gasteiger partial charge in [0.05, 0.1) is 27.3 Å². The minimum atomic E-state index is -0.680. The molecule has 30 heavy (non-hydrogen) atoms. The lowest BCUT2D eigenvalue weighted by Crippen LogP contribution is -2.26. The van der Waals surface area contributed by atoms with E-state index >= 15 is 0 Å². The van der Waals surface area contributed by atoms with Crippen molar-refractivity contribution in [3.63, 3.8) is 0 Å². The molecule has 2 aromatic carbocycles. The van der Waals surface area contributed by atoms with Gasteiger partial charge in [-0.1, -0.05) is 34.3 Å². The number of thiazole rings is 1. The summed E-state index contributed by atoms with van der Waals surface area (Å²) in [7, 11) is 0. The molecule has 0 fully saturated rings. The number of oxime groups is 1. The van der Waals surface area contributed by atoms with Crippen LogP contribution in [-0.4, -0.2) is 37.7 Å². The second-order valence-electron chi connectivity index (χ2n) is 6.79. The topological polar surface area (TPSA) is 94.3 Å². The molecule has 154 valence electrons. The van der Waals surface area contributed by atoms with E-state index in [2.05, 4.69) is 25.8 Å². The molecule has 0 spiro atoms. The molecule has 0 saturated heterocycles. The highest BCUT2D eigenvalue weighted by molar-refractivity contribution is 8.00. The van der Waals surface area contributed by atoms with Gasteiger partial charge in [-0.2, -0.15) is 0 Å². The monoisotopic (exact) mass is 440 g/mol. The van der Waals surface area contributed by atoms with Gasteiger partial charge in [0, 0.05) is 5.69 Å². The maximum Gasteiger partial charge on any atom is 0.267 e. The van der Waals surface area contributed by atoms with E-state index in [4.69, 9.17) is 4.84 Å². The van der Waals surface area contributed by atoms with Gasteiger partial charge < -0.3 is 10.2 Å². The summed E-state index contributed by atoms with van der Waals surface area (Å²) in [4.78, 5) is 22.1. The Bertz CT molecular complexity index is 1230. The standard InChI is InChI=1S/C20H20N6O2S2/c1-12(2)24-28-13(3)19(27)21-14-8-9-16-18(10-14)30-20(22-16)29-11-26-17-7-5-4-6-15(17)23-25-26/h4-10,13H,11H2,1-3H3,(H,21,27). The summed E-state index contributed by atoms with van der Waals surface area (Å²) in [6.07, 6.45) is -0.680. The highest BCUT2D eigenvalue weighted by atomic mass is 32.2. The molecule has 0 aliphatic heterocycles. The first kappa shape index (κ1) is 20.3. The van der Waals surface area contributed by atoms with Crippen molar-refractivity contribution in [2.75, 3.05) is 5.32 Å². The van der Waals surface area contributed by atoms with Crippen molar-refractivity contribution in [1.82, 2.24) is 20.0 Å². The average molecular weight is 441 g/mol. The van der Waals surface area contributed by atoms with E-state index in [0.717, 1.165) is 31.3 Å². The number of carbonyl (C=O) groups is 1. The van der Waals surface area contributed by atoms with Crippen molar-refractivity contribution >= 4 is 61.7 Å². The Labute approximate surface area is 181 Å². The largest absolute Gasteiger partial charge is 0.383 e. The third kappa shape index (κ3) is 4.60. The molecule has 0 saturated carbocycles. The summed E-state index contributed by atoms with van der Waals surface area (Å²) >= 11 is 3.17.